The molecule has 0 bridgehead atoms. The summed E-state index contributed by atoms with van der Waals surface area (Å²) >= 11 is 0. The molecular weight excluding hydrogens is 304 g/mol. The Balaban J connectivity index is 1.41. The Hall–Kier alpha value is -2.48. The lowest BCUT2D eigenvalue weighted by Crippen LogP contribution is -2.26. The highest BCUT2D eigenvalue weighted by Crippen LogP contribution is 2.31. The van der Waals surface area contributed by atoms with Crippen molar-refractivity contribution in [1.82, 2.24) is 4.90 Å². The van der Waals surface area contributed by atoms with Gasteiger partial charge in [-0.25, -0.2) is 0 Å². The fourth-order valence-corrected chi connectivity index (χ4v) is 4.24. The van der Waals surface area contributed by atoms with Gasteiger partial charge in [0.2, 0.25) is 0 Å². The third-order valence-corrected chi connectivity index (χ3v) is 5.31. The van der Waals surface area contributed by atoms with Crippen LogP contribution in [0.5, 0.6) is 0 Å². The van der Waals surface area contributed by atoms with Crippen molar-refractivity contribution < 1.29 is 0 Å². The Morgan fingerprint density at radius 3 is 2.52 bits per heavy atom. The number of fused-ring (bicyclic) bond motifs is 1. The zero-order valence-electron chi connectivity index (χ0n) is 15.4. The molecule has 4 rings (SSSR count). The molecule has 128 valence electrons. The van der Waals surface area contributed by atoms with Gasteiger partial charge in [-0.2, -0.15) is 0 Å². The van der Waals surface area contributed by atoms with Crippen LogP contribution in [0.4, 0.5) is 5.69 Å². The van der Waals surface area contributed by atoms with Crippen LogP contribution in [0.3, 0.4) is 0 Å². The van der Waals surface area contributed by atoms with Crippen molar-refractivity contribution in [3.8, 4) is 0 Å². The van der Waals surface area contributed by atoms with E-state index in [4.69, 9.17) is 0 Å². The predicted octanol–water partition coefficient (Wildman–Crippen LogP) is 5.19. The molecule has 0 N–H and O–H groups in total. The lowest BCUT2D eigenvalue weighted by molar-refractivity contribution is 0.416. The van der Waals surface area contributed by atoms with Gasteiger partial charge >= 0.3 is 0 Å². The molecule has 2 aliphatic rings. The molecule has 2 aromatic carbocycles. The minimum absolute atomic E-state index is 0.944. The van der Waals surface area contributed by atoms with Crippen LogP contribution in [-0.2, 0) is 6.42 Å². The number of nitrogens with zero attached hydrogens (tertiary/aromatic N) is 2. The van der Waals surface area contributed by atoms with Crippen LogP contribution in [0, 0.1) is 20.8 Å². The maximum Gasteiger partial charge on any atom is 0.0942 e. The lowest BCUT2D eigenvalue weighted by atomic mass is 10.0. The van der Waals surface area contributed by atoms with E-state index in [0.717, 1.165) is 26.1 Å². The minimum atomic E-state index is 0.944. The van der Waals surface area contributed by atoms with Crippen molar-refractivity contribution in [1.29, 1.82) is 0 Å². The average molecular weight is 330 g/mol. The van der Waals surface area contributed by atoms with Gasteiger partial charge in [0.15, 0.2) is 0 Å². The molecule has 0 amide bonds. The minimum Gasteiger partial charge on any atom is -0.358 e. The summed E-state index contributed by atoms with van der Waals surface area (Å²) in [7, 11) is 0. The lowest BCUT2D eigenvalue weighted by Gasteiger charge is -2.25. The van der Waals surface area contributed by atoms with Gasteiger partial charge in [0.1, 0.15) is 0 Å². The van der Waals surface area contributed by atoms with Crippen LogP contribution in [0.25, 0.3) is 5.57 Å². The second-order valence-corrected chi connectivity index (χ2v) is 7.31. The van der Waals surface area contributed by atoms with E-state index in [2.05, 4.69) is 85.4 Å². The van der Waals surface area contributed by atoms with Crippen molar-refractivity contribution in [2.45, 2.75) is 33.6 Å². The standard InChI is InChI=1S/C23H26N2/c1-17-14-18(2)23(19(3)15-17)25-13-12-24(16-25)11-10-21-9-8-20-6-4-5-7-22(20)21/h4-7,9,12-15H,8,10-11,16H2,1-3H3. The Labute approximate surface area is 151 Å². The molecular formula is C23H26N2. The number of hydrogen-bond donors (Lipinski definition) is 0. The summed E-state index contributed by atoms with van der Waals surface area (Å²) in [5.41, 5.74) is 9.84. The molecule has 1 heterocycles. The van der Waals surface area contributed by atoms with E-state index >= 15 is 0 Å². The highest BCUT2D eigenvalue weighted by Gasteiger charge is 2.19. The number of benzene rings is 2. The van der Waals surface area contributed by atoms with E-state index in [0.29, 0.717) is 0 Å². The zero-order chi connectivity index (χ0) is 17.4. The monoisotopic (exact) mass is 330 g/mol. The van der Waals surface area contributed by atoms with Crippen molar-refractivity contribution in [2.24, 2.45) is 0 Å². The van der Waals surface area contributed by atoms with E-state index in [-0.39, 0.29) is 0 Å². The topological polar surface area (TPSA) is 6.48 Å². The number of aryl methyl sites for hydroxylation is 3. The molecule has 0 atom stereocenters. The molecule has 0 saturated carbocycles. The SMILES string of the molecule is Cc1cc(C)c(N2C=CN(CCC3=CCc4ccccc43)C2)c(C)c1. The number of allylic oxidation sites excluding steroid dienone is 1. The van der Waals surface area contributed by atoms with Crippen LogP contribution >= 0.6 is 0 Å². The Kier molecular flexibility index (Phi) is 4.12. The largest absolute Gasteiger partial charge is 0.358 e. The van der Waals surface area contributed by atoms with E-state index in [9.17, 15) is 0 Å². The zero-order valence-corrected chi connectivity index (χ0v) is 15.4. The maximum absolute atomic E-state index is 2.42. The first-order chi connectivity index (χ1) is 12.1. The van der Waals surface area contributed by atoms with Crippen molar-refractivity contribution in [3.63, 3.8) is 0 Å². The first kappa shape index (κ1) is 16.0. The molecule has 2 nitrogen and oxygen atoms in total. The van der Waals surface area contributed by atoms with Crippen LogP contribution < -0.4 is 4.90 Å². The third kappa shape index (κ3) is 3.09. The summed E-state index contributed by atoms with van der Waals surface area (Å²) in [6.45, 7) is 8.61. The quantitative estimate of drug-likeness (QED) is 0.761. The first-order valence-electron chi connectivity index (χ1n) is 9.16. The molecule has 2 aromatic rings. The van der Waals surface area contributed by atoms with Gasteiger partial charge in [-0.05, 0) is 61.4 Å². The molecule has 1 aliphatic carbocycles. The van der Waals surface area contributed by atoms with Gasteiger partial charge in [-0.1, -0.05) is 48.0 Å². The number of hydrogen-bond acceptors (Lipinski definition) is 2. The van der Waals surface area contributed by atoms with E-state index in [1.54, 1.807) is 0 Å². The van der Waals surface area contributed by atoms with Crippen molar-refractivity contribution in [3.05, 3.63) is 82.7 Å². The third-order valence-electron chi connectivity index (χ3n) is 5.31. The molecule has 25 heavy (non-hydrogen) atoms. The first-order valence-corrected chi connectivity index (χ1v) is 9.16. The van der Waals surface area contributed by atoms with Gasteiger partial charge in [0.05, 0.1) is 6.67 Å². The molecule has 1 aliphatic heterocycles. The second kappa shape index (κ2) is 6.44. The van der Waals surface area contributed by atoms with Crippen molar-refractivity contribution in [2.75, 3.05) is 18.1 Å². The van der Waals surface area contributed by atoms with Gasteiger partial charge in [0, 0.05) is 24.6 Å². The van der Waals surface area contributed by atoms with Crippen LogP contribution in [-0.4, -0.2) is 18.1 Å². The maximum atomic E-state index is 2.42. The second-order valence-electron chi connectivity index (χ2n) is 7.31. The highest BCUT2D eigenvalue weighted by atomic mass is 15.3. The van der Waals surface area contributed by atoms with E-state index < -0.39 is 0 Å². The Bertz CT molecular complexity index is 837. The highest BCUT2D eigenvalue weighted by molar-refractivity contribution is 5.73. The summed E-state index contributed by atoms with van der Waals surface area (Å²) < 4.78 is 0. The fourth-order valence-electron chi connectivity index (χ4n) is 4.24. The molecule has 0 aromatic heterocycles. The van der Waals surface area contributed by atoms with Gasteiger partial charge < -0.3 is 9.80 Å². The van der Waals surface area contributed by atoms with Gasteiger partial charge in [-0.15, -0.1) is 0 Å². The fraction of sp³-hybridized carbons (Fsp3) is 0.304. The van der Waals surface area contributed by atoms with Gasteiger partial charge in [-0.3, -0.25) is 0 Å². The normalized spacial score (nSPS) is 15.7. The molecule has 0 unspecified atom stereocenters. The van der Waals surface area contributed by atoms with Gasteiger partial charge in [0.25, 0.3) is 0 Å². The number of rotatable bonds is 4. The molecule has 0 radical (unpaired) electrons. The molecule has 0 fully saturated rings. The van der Waals surface area contributed by atoms with Crippen LogP contribution in [0.2, 0.25) is 0 Å². The number of anilines is 1. The summed E-state index contributed by atoms with van der Waals surface area (Å²) in [5, 5.41) is 0. The van der Waals surface area contributed by atoms with E-state index in [1.807, 2.05) is 0 Å². The van der Waals surface area contributed by atoms with Crippen LogP contribution in [0.15, 0.2) is 54.9 Å². The molecule has 2 heteroatoms. The molecule has 0 spiro atoms. The van der Waals surface area contributed by atoms with Crippen LogP contribution in [0.1, 0.15) is 34.2 Å². The smallest absolute Gasteiger partial charge is 0.0942 e. The Morgan fingerprint density at radius 2 is 1.72 bits per heavy atom. The summed E-state index contributed by atoms with van der Waals surface area (Å²) in [6, 6.07) is 13.4. The van der Waals surface area contributed by atoms with Crippen molar-refractivity contribution >= 4 is 11.3 Å². The average Bonchev–Trinajstić information content (AvgIpc) is 3.19. The van der Waals surface area contributed by atoms with E-state index in [1.165, 1.54) is 39.1 Å². The summed E-state index contributed by atoms with van der Waals surface area (Å²) in [5.74, 6) is 0. The summed E-state index contributed by atoms with van der Waals surface area (Å²) in [6.07, 6.45) is 9.06. The molecule has 0 saturated heterocycles. The summed E-state index contributed by atoms with van der Waals surface area (Å²) in [4.78, 5) is 4.79. The predicted molar refractivity (Wildman–Crippen MR) is 107 cm³/mol. The Morgan fingerprint density at radius 1 is 0.960 bits per heavy atom.